The van der Waals surface area contributed by atoms with Gasteiger partial charge in [0.25, 0.3) is 5.91 Å². The number of aryl methyl sites for hydroxylation is 1. The predicted octanol–water partition coefficient (Wildman–Crippen LogP) is 3.93. The lowest BCUT2D eigenvalue weighted by Gasteiger charge is -2.15. The SMILES string of the molecule is Cc1ccc(C(=O)OCC(=O)NC(C)c2ccc(Cl)cc2Cl)o1. The van der Waals surface area contributed by atoms with Crippen molar-refractivity contribution < 1.29 is 18.7 Å². The number of furan rings is 1. The van der Waals surface area contributed by atoms with Crippen LogP contribution >= 0.6 is 23.2 Å². The third-order valence-electron chi connectivity index (χ3n) is 3.08. The van der Waals surface area contributed by atoms with Crippen LogP contribution in [0.2, 0.25) is 10.0 Å². The second-order valence-electron chi connectivity index (χ2n) is 4.94. The highest BCUT2D eigenvalue weighted by Gasteiger charge is 2.16. The van der Waals surface area contributed by atoms with Crippen LogP contribution in [0.4, 0.5) is 0 Å². The number of halogens is 2. The topological polar surface area (TPSA) is 68.5 Å². The Morgan fingerprint density at radius 1 is 1.26 bits per heavy atom. The molecule has 2 rings (SSSR count). The molecule has 0 fully saturated rings. The molecule has 0 spiro atoms. The molecule has 2 aromatic rings. The summed E-state index contributed by atoms with van der Waals surface area (Å²) < 4.78 is 10.0. The molecule has 0 aliphatic heterocycles. The van der Waals surface area contributed by atoms with Gasteiger partial charge in [-0.2, -0.15) is 0 Å². The van der Waals surface area contributed by atoms with Crippen LogP contribution < -0.4 is 5.32 Å². The molecule has 1 unspecified atom stereocenters. The first-order valence-electron chi connectivity index (χ1n) is 6.84. The van der Waals surface area contributed by atoms with Crippen LogP contribution in [-0.4, -0.2) is 18.5 Å². The molecule has 0 saturated heterocycles. The first-order chi connectivity index (χ1) is 10.9. The summed E-state index contributed by atoms with van der Waals surface area (Å²) >= 11 is 11.9. The minimum atomic E-state index is -0.689. The second kappa shape index (κ2) is 7.53. The lowest BCUT2D eigenvalue weighted by molar-refractivity contribution is -0.124. The van der Waals surface area contributed by atoms with Crippen LogP contribution in [0.5, 0.6) is 0 Å². The molecule has 1 atom stereocenters. The maximum Gasteiger partial charge on any atom is 0.374 e. The molecular weight excluding hydrogens is 341 g/mol. The van der Waals surface area contributed by atoms with Crippen molar-refractivity contribution in [1.29, 1.82) is 0 Å². The average Bonchev–Trinajstić information content (AvgIpc) is 2.91. The smallest absolute Gasteiger partial charge is 0.374 e. The summed E-state index contributed by atoms with van der Waals surface area (Å²) in [6, 6.07) is 7.79. The van der Waals surface area contributed by atoms with E-state index in [2.05, 4.69) is 5.32 Å². The maximum absolute atomic E-state index is 11.9. The quantitative estimate of drug-likeness (QED) is 0.825. The van der Waals surface area contributed by atoms with Gasteiger partial charge >= 0.3 is 5.97 Å². The molecule has 5 nitrogen and oxygen atoms in total. The largest absolute Gasteiger partial charge is 0.454 e. The van der Waals surface area contributed by atoms with E-state index in [-0.39, 0.29) is 11.8 Å². The van der Waals surface area contributed by atoms with E-state index < -0.39 is 18.5 Å². The molecule has 1 N–H and O–H groups in total. The van der Waals surface area contributed by atoms with Crippen LogP contribution in [0.25, 0.3) is 0 Å². The van der Waals surface area contributed by atoms with Gasteiger partial charge in [0.05, 0.1) is 6.04 Å². The van der Waals surface area contributed by atoms with E-state index in [1.54, 1.807) is 38.1 Å². The summed E-state index contributed by atoms with van der Waals surface area (Å²) in [6.07, 6.45) is 0. The summed E-state index contributed by atoms with van der Waals surface area (Å²) in [4.78, 5) is 23.5. The monoisotopic (exact) mass is 355 g/mol. The Morgan fingerprint density at radius 3 is 2.61 bits per heavy atom. The van der Waals surface area contributed by atoms with Gasteiger partial charge in [0.2, 0.25) is 5.76 Å². The fraction of sp³-hybridized carbons (Fsp3) is 0.250. The molecule has 23 heavy (non-hydrogen) atoms. The van der Waals surface area contributed by atoms with Gasteiger partial charge in [0.1, 0.15) is 5.76 Å². The Balaban J connectivity index is 1.88. The molecule has 1 aromatic heterocycles. The fourth-order valence-corrected chi connectivity index (χ4v) is 2.53. The Kier molecular flexibility index (Phi) is 5.69. The van der Waals surface area contributed by atoms with Crippen molar-refractivity contribution in [3.63, 3.8) is 0 Å². The average molecular weight is 356 g/mol. The summed E-state index contributed by atoms with van der Waals surface area (Å²) in [5.74, 6) is -0.484. The normalized spacial score (nSPS) is 11.8. The molecule has 1 heterocycles. The van der Waals surface area contributed by atoms with Gasteiger partial charge in [-0.3, -0.25) is 4.79 Å². The van der Waals surface area contributed by atoms with E-state index >= 15 is 0 Å². The number of amides is 1. The zero-order valence-corrected chi connectivity index (χ0v) is 14.1. The van der Waals surface area contributed by atoms with Gasteiger partial charge in [0, 0.05) is 10.0 Å². The number of rotatable bonds is 5. The van der Waals surface area contributed by atoms with Crippen molar-refractivity contribution in [3.05, 3.63) is 57.5 Å². The number of carbonyl (C=O) groups is 2. The molecule has 0 saturated carbocycles. The molecule has 1 amide bonds. The fourth-order valence-electron chi connectivity index (χ4n) is 1.96. The summed E-state index contributed by atoms with van der Waals surface area (Å²) in [6.45, 7) is 3.07. The lowest BCUT2D eigenvalue weighted by Crippen LogP contribution is -2.31. The summed E-state index contributed by atoms with van der Waals surface area (Å²) in [7, 11) is 0. The van der Waals surface area contributed by atoms with E-state index in [0.717, 1.165) is 5.56 Å². The van der Waals surface area contributed by atoms with Crippen LogP contribution in [-0.2, 0) is 9.53 Å². The number of carbonyl (C=O) groups excluding carboxylic acids is 2. The van der Waals surface area contributed by atoms with Crippen molar-refractivity contribution in [1.82, 2.24) is 5.32 Å². The van der Waals surface area contributed by atoms with Gasteiger partial charge in [-0.1, -0.05) is 29.3 Å². The number of hydrogen-bond acceptors (Lipinski definition) is 4. The minimum Gasteiger partial charge on any atom is -0.454 e. The minimum absolute atomic E-state index is 0.0593. The van der Waals surface area contributed by atoms with Crippen molar-refractivity contribution in [3.8, 4) is 0 Å². The number of benzene rings is 1. The summed E-state index contributed by atoms with van der Waals surface area (Å²) in [5.41, 5.74) is 0.720. The second-order valence-corrected chi connectivity index (χ2v) is 5.79. The van der Waals surface area contributed by atoms with Gasteiger partial charge < -0.3 is 14.5 Å². The Hall–Kier alpha value is -1.98. The molecule has 7 heteroatoms. The van der Waals surface area contributed by atoms with Crippen molar-refractivity contribution in [2.24, 2.45) is 0 Å². The third-order valence-corrected chi connectivity index (χ3v) is 3.64. The lowest BCUT2D eigenvalue weighted by atomic mass is 10.1. The molecule has 0 aliphatic rings. The molecule has 0 aliphatic carbocycles. The van der Waals surface area contributed by atoms with E-state index in [4.69, 9.17) is 32.4 Å². The highest BCUT2D eigenvalue weighted by atomic mass is 35.5. The number of hydrogen-bond donors (Lipinski definition) is 1. The van der Waals surface area contributed by atoms with Gasteiger partial charge in [-0.05, 0) is 43.7 Å². The first kappa shape index (κ1) is 17.4. The highest BCUT2D eigenvalue weighted by molar-refractivity contribution is 6.35. The maximum atomic E-state index is 11.9. The van der Waals surface area contributed by atoms with Crippen LogP contribution in [0.15, 0.2) is 34.7 Å². The molecule has 0 radical (unpaired) electrons. The zero-order valence-electron chi connectivity index (χ0n) is 12.6. The van der Waals surface area contributed by atoms with E-state index in [0.29, 0.717) is 15.8 Å². The Morgan fingerprint density at radius 2 is 2.00 bits per heavy atom. The van der Waals surface area contributed by atoms with E-state index in [1.165, 1.54) is 6.07 Å². The number of esters is 1. The van der Waals surface area contributed by atoms with Crippen LogP contribution in [0.3, 0.4) is 0 Å². The van der Waals surface area contributed by atoms with Crippen LogP contribution in [0.1, 0.15) is 34.8 Å². The number of ether oxygens (including phenoxy) is 1. The molecule has 0 bridgehead atoms. The standard InChI is InChI=1S/C16H15Cl2NO4/c1-9-3-6-14(23-9)16(21)22-8-15(20)19-10(2)12-5-4-11(17)7-13(12)18/h3-7,10H,8H2,1-2H3,(H,19,20). The number of nitrogens with one attached hydrogen (secondary N) is 1. The van der Waals surface area contributed by atoms with Crippen molar-refractivity contribution >= 4 is 35.1 Å². The van der Waals surface area contributed by atoms with Gasteiger partial charge in [-0.25, -0.2) is 4.79 Å². The summed E-state index contributed by atoms with van der Waals surface area (Å²) in [5, 5.41) is 3.66. The molecular formula is C16H15Cl2NO4. The highest BCUT2D eigenvalue weighted by Crippen LogP contribution is 2.25. The zero-order chi connectivity index (χ0) is 17.0. The van der Waals surface area contributed by atoms with Crippen molar-refractivity contribution in [2.45, 2.75) is 19.9 Å². The Labute approximate surface area is 143 Å². The Bertz CT molecular complexity index is 727. The molecule has 1 aromatic carbocycles. The third kappa shape index (κ3) is 4.74. The van der Waals surface area contributed by atoms with E-state index in [1.807, 2.05) is 0 Å². The van der Waals surface area contributed by atoms with Gasteiger partial charge in [-0.15, -0.1) is 0 Å². The predicted molar refractivity (Wildman–Crippen MR) is 86.7 cm³/mol. The van der Waals surface area contributed by atoms with Crippen LogP contribution in [0, 0.1) is 6.92 Å². The van der Waals surface area contributed by atoms with Gasteiger partial charge in [0.15, 0.2) is 6.61 Å². The van der Waals surface area contributed by atoms with E-state index in [9.17, 15) is 9.59 Å². The first-order valence-corrected chi connectivity index (χ1v) is 7.60. The molecule has 122 valence electrons. The van der Waals surface area contributed by atoms with Crippen molar-refractivity contribution in [2.75, 3.05) is 6.61 Å².